The van der Waals surface area contributed by atoms with Crippen LogP contribution >= 0.6 is 0 Å². The minimum absolute atomic E-state index is 0.00206. The van der Waals surface area contributed by atoms with Gasteiger partial charge in [-0.3, -0.25) is 0 Å². The third kappa shape index (κ3) is 2.24. The first-order valence-corrected chi connectivity index (χ1v) is 6.50. The van der Waals surface area contributed by atoms with Crippen LogP contribution in [0, 0.1) is 0 Å². The molecule has 0 aliphatic carbocycles. The van der Waals surface area contributed by atoms with Gasteiger partial charge in [-0.05, 0) is 17.7 Å². The van der Waals surface area contributed by atoms with Crippen molar-refractivity contribution in [1.82, 2.24) is 4.72 Å². The summed E-state index contributed by atoms with van der Waals surface area (Å²) in [5.74, 6) is 1.05. The molecule has 1 aliphatic heterocycles. The summed E-state index contributed by atoms with van der Waals surface area (Å²) in [6, 6.07) is 4.35. The van der Waals surface area contributed by atoms with Crippen molar-refractivity contribution in [2.75, 3.05) is 14.2 Å². The maximum atomic E-state index is 11.3. The highest BCUT2D eigenvalue weighted by atomic mass is 32.2. The van der Waals surface area contributed by atoms with Crippen molar-refractivity contribution in [2.45, 2.75) is 6.04 Å². The Hall–Kier alpha value is -1.80. The predicted molar refractivity (Wildman–Crippen MR) is 66.0 cm³/mol. The van der Waals surface area contributed by atoms with Gasteiger partial charge >= 0.3 is 10.2 Å². The molecular weight excluding hydrogens is 258 g/mol. The average Bonchev–Trinajstić information content (AvgIpc) is 2.62. The number of methoxy groups -OCH3 is 2. The van der Waals surface area contributed by atoms with Crippen LogP contribution in [0.4, 0.5) is 0 Å². The Morgan fingerprint density at radius 1 is 1.28 bits per heavy atom. The highest BCUT2D eigenvalue weighted by Crippen LogP contribution is 2.31. The van der Waals surface area contributed by atoms with E-state index in [1.807, 2.05) is 0 Å². The molecule has 98 valence electrons. The van der Waals surface area contributed by atoms with Gasteiger partial charge in [-0.15, -0.1) is 4.40 Å². The van der Waals surface area contributed by atoms with Gasteiger partial charge in [0.2, 0.25) is 0 Å². The largest absolute Gasteiger partial charge is 0.493 e. The fraction of sp³-hybridized carbons (Fsp3) is 0.300. The maximum absolute atomic E-state index is 11.3. The normalized spacial score (nSPS) is 21.4. The lowest BCUT2D eigenvalue weighted by atomic mass is 10.1. The summed E-state index contributed by atoms with van der Waals surface area (Å²) in [5.41, 5.74) is 6.22. The number of ether oxygens (including phenoxy) is 2. The molecule has 1 atom stereocenters. The van der Waals surface area contributed by atoms with Crippen LogP contribution in [0.15, 0.2) is 22.6 Å². The maximum Gasteiger partial charge on any atom is 0.322 e. The molecule has 1 heterocycles. The Morgan fingerprint density at radius 3 is 2.44 bits per heavy atom. The van der Waals surface area contributed by atoms with Gasteiger partial charge in [-0.1, -0.05) is 6.07 Å². The van der Waals surface area contributed by atoms with Crippen molar-refractivity contribution in [3.8, 4) is 11.5 Å². The first-order chi connectivity index (χ1) is 8.46. The highest BCUT2D eigenvalue weighted by Gasteiger charge is 2.30. The zero-order valence-electron chi connectivity index (χ0n) is 9.88. The smallest absolute Gasteiger partial charge is 0.322 e. The second-order valence-electron chi connectivity index (χ2n) is 3.66. The third-order valence-electron chi connectivity index (χ3n) is 2.53. The number of rotatable bonds is 3. The summed E-state index contributed by atoms with van der Waals surface area (Å²) in [6.07, 6.45) is 0. The Bertz CT molecular complexity index is 597. The second-order valence-corrected chi connectivity index (χ2v) is 5.02. The minimum Gasteiger partial charge on any atom is -0.493 e. The van der Waals surface area contributed by atoms with Gasteiger partial charge in [0, 0.05) is 0 Å². The summed E-state index contributed by atoms with van der Waals surface area (Å²) in [7, 11) is -0.670. The predicted octanol–water partition coefficient (Wildman–Crippen LogP) is -0.0499. The molecule has 0 saturated heterocycles. The SMILES string of the molecule is COc1ccc([C@@H]2NS(=O)(=O)N=C2N)cc1OC. The van der Waals surface area contributed by atoms with E-state index in [0.717, 1.165) is 0 Å². The third-order valence-corrected chi connectivity index (χ3v) is 3.51. The molecule has 0 bridgehead atoms. The lowest BCUT2D eigenvalue weighted by molar-refractivity contribution is 0.354. The van der Waals surface area contributed by atoms with E-state index >= 15 is 0 Å². The fourth-order valence-electron chi connectivity index (χ4n) is 1.70. The molecule has 0 aromatic heterocycles. The molecule has 3 N–H and O–H groups in total. The van der Waals surface area contributed by atoms with E-state index in [2.05, 4.69) is 9.12 Å². The van der Waals surface area contributed by atoms with Gasteiger partial charge in [0.25, 0.3) is 0 Å². The van der Waals surface area contributed by atoms with E-state index in [4.69, 9.17) is 15.2 Å². The van der Waals surface area contributed by atoms with E-state index in [1.165, 1.54) is 14.2 Å². The van der Waals surface area contributed by atoms with Crippen molar-refractivity contribution < 1.29 is 17.9 Å². The topological polar surface area (TPSA) is 103 Å². The van der Waals surface area contributed by atoms with E-state index < -0.39 is 16.3 Å². The quantitative estimate of drug-likeness (QED) is 0.802. The molecule has 0 saturated carbocycles. The van der Waals surface area contributed by atoms with E-state index in [-0.39, 0.29) is 5.84 Å². The fourth-order valence-corrected chi connectivity index (χ4v) is 2.69. The molecule has 0 spiro atoms. The molecule has 7 nitrogen and oxygen atoms in total. The van der Waals surface area contributed by atoms with Crippen molar-refractivity contribution in [2.24, 2.45) is 10.1 Å². The van der Waals surface area contributed by atoms with Crippen LogP contribution in [-0.2, 0) is 10.2 Å². The van der Waals surface area contributed by atoms with Gasteiger partial charge in [-0.25, -0.2) is 0 Å². The van der Waals surface area contributed by atoms with E-state index in [0.29, 0.717) is 17.1 Å². The summed E-state index contributed by atoms with van der Waals surface area (Å²) in [4.78, 5) is 0. The number of hydrogen-bond donors (Lipinski definition) is 2. The standard InChI is InChI=1S/C10H13N3O4S/c1-16-7-4-3-6(5-8(7)17-2)9-10(11)13-18(14,15)12-9/h3-5,9,12H,1-2H3,(H2,11,13)/t9-/m0/s1. The van der Waals surface area contributed by atoms with Gasteiger partial charge in [0.05, 0.1) is 14.2 Å². The highest BCUT2D eigenvalue weighted by molar-refractivity contribution is 7.88. The molecule has 0 radical (unpaired) electrons. The zero-order chi connectivity index (χ0) is 13.3. The Balaban J connectivity index is 2.39. The molecule has 1 aromatic rings. The first-order valence-electron chi connectivity index (χ1n) is 5.06. The summed E-state index contributed by atoms with van der Waals surface area (Å²) < 4.78 is 38.5. The van der Waals surface area contributed by atoms with Crippen molar-refractivity contribution in [3.63, 3.8) is 0 Å². The van der Waals surface area contributed by atoms with Crippen LogP contribution in [0.5, 0.6) is 11.5 Å². The summed E-state index contributed by atoms with van der Waals surface area (Å²) >= 11 is 0. The van der Waals surface area contributed by atoms with E-state index in [1.54, 1.807) is 18.2 Å². The first kappa shape index (κ1) is 12.7. The van der Waals surface area contributed by atoms with Gasteiger partial charge in [0.15, 0.2) is 11.5 Å². The Kier molecular flexibility index (Phi) is 3.14. The molecule has 0 amide bonds. The molecule has 0 unspecified atom stereocenters. The molecule has 8 heteroatoms. The Labute approximate surface area is 105 Å². The lowest BCUT2D eigenvalue weighted by Gasteiger charge is -2.13. The second kappa shape index (κ2) is 4.46. The Morgan fingerprint density at radius 2 is 1.94 bits per heavy atom. The number of nitrogens with two attached hydrogens (primary N) is 1. The molecule has 0 fully saturated rings. The van der Waals surface area contributed by atoms with E-state index in [9.17, 15) is 8.42 Å². The van der Waals surface area contributed by atoms with Crippen LogP contribution in [0.25, 0.3) is 0 Å². The monoisotopic (exact) mass is 271 g/mol. The van der Waals surface area contributed by atoms with Gasteiger partial charge in [0.1, 0.15) is 11.9 Å². The summed E-state index contributed by atoms with van der Waals surface area (Å²) in [5, 5.41) is 0. The molecule has 1 aromatic carbocycles. The van der Waals surface area contributed by atoms with Crippen LogP contribution < -0.4 is 19.9 Å². The van der Waals surface area contributed by atoms with Gasteiger partial charge in [-0.2, -0.15) is 13.1 Å². The van der Waals surface area contributed by atoms with Crippen molar-refractivity contribution in [3.05, 3.63) is 23.8 Å². The number of hydrogen-bond acceptors (Lipinski definition) is 5. The minimum atomic E-state index is -3.69. The van der Waals surface area contributed by atoms with Crippen LogP contribution in [0.1, 0.15) is 11.6 Å². The van der Waals surface area contributed by atoms with Gasteiger partial charge < -0.3 is 15.2 Å². The summed E-state index contributed by atoms with van der Waals surface area (Å²) in [6.45, 7) is 0. The average molecular weight is 271 g/mol. The number of benzene rings is 1. The molecule has 18 heavy (non-hydrogen) atoms. The lowest BCUT2D eigenvalue weighted by Crippen LogP contribution is -2.28. The zero-order valence-corrected chi connectivity index (χ0v) is 10.7. The van der Waals surface area contributed by atoms with Crippen molar-refractivity contribution in [1.29, 1.82) is 0 Å². The number of nitrogens with one attached hydrogen (secondary N) is 1. The molecule has 1 aliphatic rings. The van der Waals surface area contributed by atoms with Crippen molar-refractivity contribution >= 4 is 16.0 Å². The van der Waals surface area contributed by atoms with Crippen LogP contribution in [-0.4, -0.2) is 28.5 Å². The molecule has 2 rings (SSSR count). The number of amidine groups is 1. The van der Waals surface area contributed by atoms with Crippen LogP contribution in [0.2, 0.25) is 0 Å². The number of nitrogens with zero attached hydrogens (tertiary/aromatic N) is 1. The molecular formula is C10H13N3O4S. The van der Waals surface area contributed by atoms with Crippen LogP contribution in [0.3, 0.4) is 0 Å².